The van der Waals surface area contributed by atoms with Gasteiger partial charge in [0, 0.05) is 38.9 Å². The van der Waals surface area contributed by atoms with Crippen molar-refractivity contribution in [1.82, 2.24) is 15.6 Å². The Morgan fingerprint density at radius 3 is 2.90 bits per heavy atom. The number of aliphatic imine (C=N–C) groups is 1. The van der Waals surface area contributed by atoms with Crippen LogP contribution < -0.4 is 25.0 Å². The summed E-state index contributed by atoms with van der Waals surface area (Å²) in [5, 5.41) is 8.03. The molecule has 1 unspecified atom stereocenters. The number of ether oxygens (including phenoxy) is 2. The number of rotatable bonds is 4. The fourth-order valence-corrected chi connectivity index (χ4v) is 4.05. The highest BCUT2D eigenvalue weighted by atomic mass is 127. The normalized spacial score (nSPS) is 18.0. The number of hydrogen-bond donors (Lipinski definition) is 2. The second-order valence-corrected chi connectivity index (χ2v) is 7.73. The van der Waals surface area contributed by atoms with E-state index in [2.05, 4.69) is 25.5 Å². The van der Waals surface area contributed by atoms with Gasteiger partial charge in [0.15, 0.2) is 17.5 Å². The summed E-state index contributed by atoms with van der Waals surface area (Å²) in [6.07, 6.45) is 2.74. The Morgan fingerprint density at radius 1 is 1.27 bits per heavy atom. The van der Waals surface area contributed by atoms with Gasteiger partial charge in [-0.2, -0.15) is 0 Å². The Bertz CT molecular complexity index is 915. The van der Waals surface area contributed by atoms with Gasteiger partial charge in [-0.1, -0.05) is 23.2 Å². The molecular weight excluding hydrogens is 540 g/mol. The summed E-state index contributed by atoms with van der Waals surface area (Å²) in [5.74, 6) is 2.85. The fourth-order valence-electron chi connectivity index (χ4n) is 3.52. The van der Waals surface area contributed by atoms with Crippen molar-refractivity contribution in [1.29, 1.82) is 0 Å². The first-order valence-electron chi connectivity index (χ1n) is 9.54. The molecule has 1 saturated heterocycles. The van der Waals surface area contributed by atoms with E-state index >= 15 is 0 Å². The molecule has 0 spiro atoms. The summed E-state index contributed by atoms with van der Waals surface area (Å²) >= 11 is 12.6. The number of pyridine rings is 1. The number of nitrogens with zero attached hydrogens (tertiary/aromatic N) is 3. The first-order valence-corrected chi connectivity index (χ1v) is 10.3. The molecule has 2 aliphatic heterocycles. The van der Waals surface area contributed by atoms with Crippen LogP contribution in [-0.4, -0.2) is 50.3 Å². The molecule has 30 heavy (non-hydrogen) atoms. The van der Waals surface area contributed by atoms with Crippen LogP contribution in [0.1, 0.15) is 12.0 Å². The van der Waals surface area contributed by atoms with Gasteiger partial charge in [-0.3, -0.25) is 4.99 Å². The number of halogens is 3. The van der Waals surface area contributed by atoms with E-state index in [9.17, 15) is 0 Å². The molecule has 0 bridgehead atoms. The van der Waals surface area contributed by atoms with Gasteiger partial charge in [0.1, 0.15) is 19.0 Å². The summed E-state index contributed by atoms with van der Waals surface area (Å²) in [4.78, 5) is 10.9. The van der Waals surface area contributed by atoms with Crippen LogP contribution in [0.5, 0.6) is 11.5 Å². The maximum Gasteiger partial charge on any atom is 0.191 e. The van der Waals surface area contributed by atoms with Crippen molar-refractivity contribution < 1.29 is 9.47 Å². The topological polar surface area (TPSA) is 71.0 Å². The Balaban J connectivity index is 0.00000256. The highest BCUT2D eigenvalue weighted by Gasteiger charge is 2.25. The number of aromatic nitrogens is 1. The average molecular weight is 564 g/mol. The standard InChI is InChI=1S/C20H23Cl2N5O2.HI/c1-23-20(25-11-13-9-16(22)18-17(10-13)28-7-8-29-18)26-14-4-6-27(12-14)19-15(21)3-2-5-24-19;/h2-3,5,9-10,14H,4,6-8,11-12H2,1H3,(H2,23,25,26);1H. The van der Waals surface area contributed by atoms with Gasteiger partial charge in [0.25, 0.3) is 0 Å². The Morgan fingerprint density at radius 2 is 2.10 bits per heavy atom. The van der Waals surface area contributed by atoms with Crippen LogP contribution in [-0.2, 0) is 6.54 Å². The van der Waals surface area contributed by atoms with Crippen LogP contribution in [0, 0.1) is 0 Å². The smallest absolute Gasteiger partial charge is 0.191 e. The van der Waals surface area contributed by atoms with E-state index in [1.54, 1.807) is 13.2 Å². The molecule has 7 nitrogen and oxygen atoms in total. The molecule has 0 saturated carbocycles. The molecule has 1 aromatic heterocycles. The van der Waals surface area contributed by atoms with Gasteiger partial charge < -0.3 is 25.0 Å². The number of fused-ring (bicyclic) bond motifs is 1. The zero-order valence-electron chi connectivity index (χ0n) is 16.5. The van der Waals surface area contributed by atoms with Crippen molar-refractivity contribution in [3.63, 3.8) is 0 Å². The average Bonchev–Trinajstić information content (AvgIpc) is 3.20. The number of guanidine groups is 1. The third-order valence-electron chi connectivity index (χ3n) is 4.91. The van der Waals surface area contributed by atoms with Gasteiger partial charge in [0.2, 0.25) is 0 Å². The molecular formula is C20H24Cl2IN5O2. The lowest BCUT2D eigenvalue weighted by atomic mass is 10.2. The van der Waals surface area contributed by atoms with E-state index in [1.165, 1.54) is 0 Å². The Hall–Kier alpha value is -1.65. The largest absolute Gasteiger partial charge is 0.486 e. The summed E-state index contributed by atoms with van der Waals surface area (Å²) in [6, 6.07) is 7.79. The third-order valence-corrected chi connectivity index (χ3v) is 5.48. The molecule has 3 heterocycles. The van der Waals surface area contributed by atoms with Crippen molar-refractivity contribution in [3.05, 3.63) is 46.1 Å². The van der Waals surface area contributed by atoms with E-state index in [0.717, 1.165) is 36.9 Å². The Kier molecular flexibility index (Phi) is 8.13. The van der Waals surface area contributed by atoms with E-state index in [4.69, 9.17) is 32.7 Å². The molecule has 2 N–H and O–H groups in total. The molecule has 2 aromatic rings. The van der Waals surface area contributed by atoms with Crippen LogP contribution in [0.4, 0.5) is 5.82 Å². The molecule has 10 heteroatoms. The maximum atomic E-state index is 6.32. The number of anilines is 1. The van der Waals surface area contributed by atoms with Crippen LogP contribution in [0.15, 0.2) is 35.5 Å². The van der Waals surface area contributed by atoms with Crippen LogP contribution in [0.25, 0.3) is 0 Å². The molecule has 0 radical (unpaired) electrons. The van der Waals surface area contributed by atoms with Crippen molar-refractivity contribution in [2.45, 2.75) is 19.0 Å². The number of hydrogen-bond acceptors (Lipinski definition) is 5. The molecule has 162 valence electrons. The molecule has 1 fully saturated rings. The minimum absolute atomic E-state index is 0. The van der Waals surface area contributed by atoms with Gasteiger partial charge >= 0.3 is 0 Å². The molecule has 2 aliphatic rings. The molecule has 1 atom stereocenters. The first-order chi connectivity index (χ1) is 14.1. The van der Waals surface area contributed by atoms with Gasteiger partial charge in [-0.05, 0) is 36.2 Å². The lowest BCUT2D eigenvalue weighted by Gasteiger charge is -2.21. The highest BCUT2D eigenvalue weighted by molar-refractivity contribution is 14.0. The predicted octanol–water partition coefficient (Wildman–Crippen LogP) is 3.72. The second-order valence-electron chi connectivity index (χ2n) is 6.91. The molecule has 0 amide bonds. The number of nitrogens with one attached hydrogen (secondary N) is 2. The van der Waals surface area contributed by atoms with Crippen LogP contribution in [0.3, 0.4) is 0 Å². The maximum absolute atomic E-state index is 6.32. The van der Waals surface area contributed by atoms with Crippen LogP contribution in [0.2, 0.25) is 10.0 Å². The molecule has 0 aliphatic carbocycles. The van der Waals surface area contributed by atoms with Crippen LogP contribution >= 0.6 is 47.2 Å². The van der Waals surface area contributed by atoms with E-state index in [1.807, 2.05) is 24.3 Å². The minimum atomic E-state index is 0. The van der Waals surface area contributed by atoms with Crippen molar-refractivity contribution in [2.75, 3.05) is 38.3 Å². The first kappa shape index (κ1) is 23.0. The summed E-state index contributed by atoms with van der Waals surface area (Å²) in [5.41, 5.74) is 0.996. The Labute approximate surface area is 203 Å². The molecule has 4 rings (SSSR count). The van der Waals surface area contributed by atoms with E-state index < -0.39 is 0 Å². The minimum Gasteiger partial charge on any atom is -0.486 e. The fraction of sp³-hybridized carbons (Fsp3) is 0.400. The van der Waals surface area contributed by atoms with Gasteiger partial charge in [-0.25, -0.2) is 4.98 Å². The van der Waals surface area contributed by atoms with E-state index in [0.29, 0.717) is 41.3 Å². The van der Waals surface area contributed by atoms with E-state index in [-0.39, 0.29) is 30.0 Å². The zero-order chi connectivity index (χ0) is 20.2. The summed E-state index contributed by atoms with van der Waals surface area (Å²) in [6.45, 7) is 3.32. The second kappa shape index (κ2) is 10.6. The van der Waals surface area contributed by atoms with Gasteiger partial charge in [-0.15, -0.1) is 24.0 Å². The SMILES string of the molecule is CN=C(NCc1cc(Cl)c2c(c1)OCCO2)NC1CCN(c2ncccc2Cl)C1.I. The predicted molar refractivity (Wildman–Crippen MR) is 131 cm³/mol. The van der Waals surface area contributed by atoms with Crippen molar-refractivity contribution >= 4 is 59.0 Å². The number of benzene rings is 1. The highest BCUT2D eigenvalue weighted by Crippen LogP contribution is 2.38. The zero-order valence-corrected chi connectivity index (χ0v) is 20.4. The lowest BCUT2D eigenvalue weighted by molar-refractivity contribution is 0.171. The molecule has 1 aromatic carbocycles. The van der Waals surface area contributed by atoms with Crippen molar-refractivity contribution in [3.8, 4) is 11.5 Å². The summed E-state index contributed by atoms with van der Waals surface area (Å²) in [7, 11) is 1.76. The summed E-state index contributed by atoms with van der Waals surface area (Å²) < 4.78 is 11.2. The quantitative estimate of drug-likeness (QED) is 0.336. The van der Waals surface area contributed by atoms with Gasteiger partial charge in [0.05, 0.1) is 10.0 Å². The lowest BCUT2D eigenvalue weighted by Crippen LogP contribution is -2.44. The third kappa shape index (κ3) is 5.33. The van der Waals surface area contributed by atoms with Crippen molar-refractivity contribution in [2.24, 2.45) is 4.99 Å². The monoisotopic (exact) mass is 563 g/mol.